The number of anilines is 1. The maximum atomic E-state index is 11.0. The maximum Gasteiger partial charge on any atom is 0.310 e. The minimum absolute atomic E-state index is 0.166. The number of methoxy groups -OCH3 is 2. The Morgan fingerprint density at radius 3 is 2.71 bits per heavy atom. The van der Waals surface area contributed by atoms with Crippen LogP contribution in [0, 0.1) is 0 Å². The van der Waals surface area contributed by atoms with Crippen molar-refractivity contribution in [3.8, 4) is 5.75 Å². The van der Waals surface area contributed by atoms with Gasteiger partial charge in [-0.05, 0) is 23.8 Å². The summed E-state index contributed by atoms with van der Waals surface area (Å²) in [5, 5.41) is 0. The van der Waals surface area contributed by atoms with Gasteiger partial charge in [0.2, 0.25) is 0 Å². The molecular formula is C10H13NO3. The number of ether oxygens (including phenoxy) is 2. The Hall–Kier alpha value is -1.71. The van der Waals surface area contributed by atoms with E-state index >= 15 is 0 Å². The largest absolute Gasteiger partial charge is 0.497 e. The van der Waals surface area contributed by atoms with E-state index < -0.39 is 0 Å². The van der Waals surface area contributed by atoms with E-state index in [1.165, 1.54) is 7.11 Å². The molecule has 0 spiro atoms. The Balaban J connectivity index is 2.89. The summed E-state index contributed by atoms with van der Waals surface area (Å²) in [4.78, 5) is 11.0. The lowest BCUT2D eigenvalue weighted by Crippen LogP contribution is -2.06. The number of esters is 1. The Morgan fingerprint density at radius 2 is 2.14 bits per heavy atom. The first-order valence-corrected chi connectivity index (χ1v) is 4.16. The molecule has 0 radical (unpaired) electrons. The summed E-state index contributed by atoms with van der Waals surface area (Å²) >= 11 is 0. The molecule has 0 aromatic heterocycles. The minimum Gasteiger partial charge on any atom is -0.497 e. The summed E-state index contributed by atoms with van der Waals surface area (Å²) in [6.07, 6.45) is 0.166. The number of nitrogens with two attached hydrogens (primary N) is 1. The molecule has 1 aromatic rings. The molecule has 0 heterocycles. The van der Waals surface area contributed by atoms with Crippen LogP contribution in [0.3, 0.4) is 0 Å². The Morgan fingerprint density at radius 1 is 1.43 bits per heavy atom. The van der Waals surface area contributed by atoms with Crippen LogP contribution in [0.2, 0.25) is 0 Å². The molecule has 1 rings (SSSR count). The van der Waals surface area contributed by atoms with Gasteiger partial charge in [-0.15, -0.1) is 0 Å². The molecule has 2 N–H and O–H groups in total. The Kier molecular flexibility index (Phi) is 3.34. The molecule has 0 unspecified atom stereocenters. The molecule has 76 valence electrons. The first-order valence-electron chi connectivity index (χ1n) is 4.16. The van der Waals surface area contributed by atoms with E-state index in [1.807, 2.05) is 0 Å². The van der Waals surface area contributed by atoms with Gasteiger partial charge in [0.15, 0.2) is 0 Å². The lowest BCUT2D eigenvalue weighted by molar-refractivity contribution is -0.139. The molecule has 4 nitrogen and oxygen atoms in total. The predicted molar refractivity (Wildman–Crippen MR) is 53.1 cm³/mol. The molecule has 0 aliphatic carbocycles. The van der Waals surface area contributed by atoms with E-state index in [0.29, 0.717) is 11.4 Å². The van der Waals surface area contributed by atoms with Gasteiger partial charge in [0.05, 0.1) is 20.6 Å². The fraction of sp³-hybridized carbons (Fsp3) is 0.300. The molecule has 0 fully saturated rings. The van der Waals surface area contributed by atoms with Gasteiger partial charge in [0.25, 0.3) is 0 Å². The molecule has 0 saturated heterocycles. The standard InChI is InChI=1S/C10H13NO3/c1-13-8-3-4-9(11)7(5-8)6-10(12)14-2/h3-5H,6,11H2,1-2H3. The second kappa shape index (κ2) is 4.50. The normalized spacial score (nSPS) is 9.57. The molecule has 0 amide bonds. The molecule has 0 bridgehead atoms. The van der Waals surface area contributed by atoms with Crippen LogP contribution in [0.5, 0.6) is 5.75 Å². The third-order valence-corrected chi connectivity index (χ3v) is 1.91. The van der Waals surface area contributed by atoms with Crippen molar-refractivity contribution in [2.75, 3.05) is 20.0 Å². The van der Waals surface area contributed by atoms with Crippen molar-refractivity contribution < 1.29 is 14.3 Å². The highest BCUT2D eigenvalue weighted by Crippen LogP contribution is 2.19. The van der Waals surface area contributed by atoms with E-state index in [4.69, 9.17) is 10.5 Å². The summed E-state index contributed by atoms with van der Waals surface area (Å²) in [7, 11) is 2.91. The Labute approximate surface area is 82.6 Å². The first kappa shape index (κ1) is 10.4. The van der Waals surface area contributed by atoms with Gasteiger partial charge >= 0.3 is 5.97 Å². The van der Waals surface area contributed by atoms with Gasteiger partial charge in [-0.3, -0.25) is 4.79 Å². The zero-order chi connectivity index (χ0) is 10.6. The summed E-state index contributed by atoms with van der Waals surface area (Å²) in [6, 6.07) is 5.18. The molecular weight excluding hydrogens is 182 g/mol. The third-order valence-electron chi connectivity index (χ3n) is 1.91. The summed E-state index contributed by atoms with van der Waals surface area (Å²) in [5.74, 6) is 0.364. The average Bonchev–Trinajstić information content (AvgIpc) is 2.21. The van der Waals surface area contributed by atoms with Crippen molar-refractivity contribution >= 4 is 11.7 Å². The smallest absolute Gasteiger partial charge is 0.310 e. The van der Waals surface area contributed by atoms with Crippen LogP contribution >= 0.6 is 0 Å². The number of carbonyl (C=O) groups is 1. The first-order chi connectivity index (χ1) is 6.67. The van der Waals surface area contributed by atoms with Gasteiger partial charge in [0.1, 0.15) is 5.75 Å². The Bertz CT molecular complexity index is 336. The van der Waals surface area contributed by atoms with Crippen LogP contribution in [0.4, 0.5) is 5.69 Å². The van der Waals surface area contributed by atoms with E-state index in [1.54, 1.807) is 25.3 Å². The highest BCUT2D eigenvalue weighted by atomic mass is 16.5. The van der Waals surface area contributed by atoms with Crippen molar-refractivity contribution in [1.82, 2.24) is 0 Å². The molecule has 1 aromatic carbocycles. The predicted octanol–water partition coefficient (Wildman–Crippen LogP) is 0.993. The molecule has 4 heteroatoms. The van der Waals surface area contributed by atoms with Crippen LogP contribution in [-0.4, -0.2) is 20.2 Å². The highest BCUT2D eigenvalue weighted by Gasteiger charge is 2.07. The lowest BCUT2D eigenvalue weighted by Gasteiger charge is -2.06. The van der Waals surface area contributed by atoms with Crippen molar-refractivity contribution in [2.24, 2.45) is 0 Å². The van der Waals surface area contributed by atoms with E-state index in [-0.39, 0.29) is 12.4 Å². The monoisotopic (exact) mass is 195 g/mol. The van der Waals surface area contributed by atoms with Crippen LogP contribution in [0.15, 0.2) is 18.2 Å². The second-order valence-electron chi connectivity index (χ2n) is 2.82. The van der Waals surface area contributed by atoms with Crippen molar-refractivity contribution in [2.45, 2.75) is 6.42 Å². The maximum absolute atomic E-state index is 11.0. The van der Waals surface area contributed by atoms with Gasteiger partial charge in [-0.25, -0.2) is 0 Å². The van der Waals surface area contributed by atoms with Crippen molar-refractivity contribution in [1.29, 1.82) is 0 Å². The molecule has 0 aliphatic heterocycles. The highest BCUT2D eigenvalue weighted by molar-refractivity contribution is 5.75. The van der Waals surface area contributed by atoms with Crippen molar-refractivity contribution in [3.05, 3.63) is 23.8 Å². The third kappa shape index (κ3) is 2.39. The van der Waals surface area contributed by atoms with E-state index in [2.05, 4.69) is 4.74 Å². The zero-order valence-corrected chi connectivity index (χ0v) is 8.24. The van der Waals surface area contributed by atoms with Crippen molar-refractivity contribution in [3.63, 3.8) is 0 Å². The second-order valence-corrected chi connectivity index (χ2v) is 2.82. The number of nitrogen functional groups attached to an aromatic ring is 1. The van der Waals surface area contributed by atoms with Gasteiger partial charge in [-0.1, -0.05) is 0 Å². The van der Waals surface area contributed by atoms with E-state index in [9.17, 15) is 4.79 Å². The number of rotatable bonds is 3. The van der Waals surface area contributed by atoms with Crippen LogP contribution in [0.1, 0.15) is 5.56 Å². The summed E-state index contributed by atoms with van der Waals surface area (Å²) in [6.45, 7) is 0. The molecule has 14 heavy (non-hydrogen) atoms. The number of hydrogen-bond acceptors (Lipinski definition) is 4. The topological polar surface area (TPSA) is 61.5 Å². The summed E-state index contributed by atoms with van der Waals surface area (Å²) in [5.41, 5.74) is 6.97. The zero-order valence-electron chi connectivity index (χ0n) is 8.24. The lowest BCUT2D eigenvalue weighted by atomic mass is 10.1. The fourth-order valence-corrected chi connectivity index (χ4v) is 1.09. The van der Waals surface area contributed by atoms with Gasteiger partial charge in [-0.2, -0.15) is 0 Å². The number of hydrogen-bond donors (Lipinski definition) is 1. The molecule has 0 atom stereocenters. The molecule has 0 saturated carbocycles. The van der Waals surface area contributed by atoms with Gasteiger partial charge < -0.3 is 15.2 Å². The number of carbonyl (C=O) groups excluding carboxylic acids is 1. The van der Waals surface area contributed by atoms with Crippen LogP contribution in [-0.2, 0) is 16.0 Å². The quantitative estimate of drug-likeness (QED) is 0.577. The summed E-state index contributed by atoms with van der Waals surface area (Å²) < 4.78 is 9.56. The SMILES string of the molecule is COC(=O)Cc1cc(OC)ccc1N. The number of benzene rings is 1. The van der Waals surface area contributed by atoms with Crippen LogP contribution < -0.4 is 10.5 Å². The average molecular weight is 195 g/mol. The minimum atomic E-state index is -0.315. The van der Waals surface area contributed by atoms with Crippen LogP contribution in [0.25, 0.3) is 0 Å². The molecule has 0 aliphatic rings. The van der Waals surface area contributed by atoms with Gasteiger partial charge in [0, 0.05) is 5.69 Å². The fourth-order valence-electron chi connectivity index (χ4n) is 1.09. The van der Waals surface area contributed by atoms with E-state index in [0.717, 1.165) is 5.56 Å².